The molecule has 0 unspecified atom stereocenters. The van der Waals surface area contributed by atoms with Crippen molar-refractivity contribution in [1.29, 1.82) is 0 Å². The Morgan fingerprint density at radius 1 is 1.06 bits per heavy atom. The topological polar surface area (TPSA) is 99.2 Å². The normalized spacial score (nSPS) is 17.5. The summed E-state index contributed by atoms with van der Waals surface area (Å²) in [4.78, 5) is 39.4. The molecule has 2 aliphatic rings. The Labute approximate surface area is 182 Å². The van der Waals surface area contributed by atoms with Gasteiger partial charge in [0.25, 0.3) is 0 Å². The zero-order chi connectivity index (χ0) is 22.1. The van der Waals surface area contributed by atoms with Crippen LogP contribution in [0.5, 0.6) is 11.5 Å². The molecule has 0 aliphatic carbocycles. The Hall–Kier alpha value is -3.03. The van der Waals surface area contributed by atoms with Crippen LogP contribution in [0, 0.1) is 0 Å². The van der Waals surface area contributed by atoms with Gasteiger partial charge in [-0.25, -0.2) is 4.79 Å². The van der Waals surface area contributed by atoms with E-state index in [1.54, 1.807) is 18.2 Å². The van der Waals surface area contributed by atoms with Crippen molar-refractivity contribution in [3.8, 4) is 11.5 Å². The highest BCUT2D eigenvalue weighted by molar-refractivity contribution is 5.94. The van der Waals surface area contributed by atoms with Crippen molar-refractivity contribution in [2.45, 2.75) is 44.9 Å². The van der Waals surface area contributed by atoms with E-state index in [9.17, 15) is 19.5 Å². The van der Waals surface area contributed by atoms with E-state index >= 15 is 0 Å². The maximum atomic E-state index is 12.2. The van der Waals surface area contributed by atoms with Crippen LogP contribution in [0.25, 0.3) is 6.08 Å². The van der Waals surface area contributed by atoms with Gasteiger partial charge in [-0.2, -0.15) is 0 Å². The lowest BCUT2D eigenvalue weighted by Crippen LogP contribution is -2.44. The van der Waals surface area contributed by atoms with Crippen molar-refractivity contribution in [3.05, 3.63) is 29.8 Å². The number of phenolic OH excluding ortho intramolecular Hbond substituents is 1. The molecule has 0 spiro atoms. The summed E-state index contributed by atoms with van der Waals surface area (Å²) in [5.74, 6) is 0.290. The summed E-state index contributed by atoms with van der Waals surface area (Å²) in [6.45, 7) is 2.47. The first-order valence-corrected chi connectivity index (χ1v) is 11.1. The van der Waals surface area contributed by atoms with Crippen molar-refractivity contribution >= 4 is 23.9 Å². The fourth-order valence-electron chi connectivity index (χ4n) is 3.75. The van der Waals surface area contributed by atoms with Crippen molar-refractivity contribution in [2.24, 2.45) is 0 Å². The number of carbonyl (C=O) groups excluding carboxylic acids is 3. The minimum absolute atomic E-state index is 0.0133. The summed E-state index contributed by atoms with van der Waals surface area (Å²) in [5.41, 5.74) is 0.533. The second kappa shape index (κ2) is 11.4. The van der Waals surface area contributed by atoms with Crippen molar-refractivity contribution in [1.82, 2.24) is 15.1 Å². The number of likely N-dealkylation sites (tertiary alicyclic amines) is 2. The third-order valence-corrected chi connectivity index (χ3v) is 5.54. The van der Waals surface area contributed by atoms with Crippen LogP contribution < -0.4 is 10.1 Å². The maximum absolute atomic E-state index is 12.2. The summed E-state index contributed by atoms with van der Waals surface area (Å²) < 4.78 is 5.57. The Kier molecular flexibility index (Phi) is 8.32. The smallest absolute Gasteiger partial charge is 0.324 e. The van der Waals surface area contributed by atoms with E-state index in [-0.39, 0.29) is 30.7 Å². The first-order chi connectivity index (χ1) is 15.0. The molecule has 1 aromatic carbocycles. The van der Waals surface area contributed by atoms with Crippen molar-refractivity contribution in [3.63, 3.8) is 0 Å². The molecule has 1 aromatic rings. The van der Waals surface area contributed by atoms with Gasteiger partial charge in [-0.1, -0.05) is 6.42 Å². The second-order valence-electron chi connectivity index (χ2n) is 7.88. The summed E-state index contributed by atoms with van der Waals surface area (Å²) in [6.07, 6.45) is 9.35. The molecule has 0 bridgehead atoms. The van der Waals surface area contributed by atoms with Crippen LogP contribution in [0.15, 0.2) is 24.3 Å². The number of hydrogen-bond acceptors (Lipinski definition) is 5. The SMILES string of the molecule is O=C(/C=C/c1ccc(OCCNC(=O)N2CCCCCC2=O)cc1O)N1CCCCC1. The summed E-state index contributed by atoms with van der Waals surface area (Å²) in [7, 11) is 0. The Balaban J connectivity index is 1.43. The van der Waals surface area contributed by atoms with E-state index in [0.717, 1.165) is 51.6 Å². The van der Waals surface area contributed by atoms with Gasteiger partial charge >= 0.3 is 6.03 Å². The van der Waals surface area contributed by atoms with Gasteiger partial charge in [-0.3, -0.25) is 14.5 Å². The molecule has 2 heterocycles. The number of imide groups is 1. The number of hydrogen-bond donors (Lipinski definition) is 2. The molecule has 168 valence electrons. The van der Waals surface area contributed by atoms with Crippen LogP contribution in [0.3, 0.4) is 0 Å². The van der Waals surface area contributed by atoms with Gasteiger partial charge in [0.15, 0.2) is 0 Å². The van der Waals surface area contributed by atoms with E-state index in [1.165, 1.54) is 17.0 Å². The number of aromatic hydroxyl groups is 1. The average Bonchev–Trinajstić information content (AvgIpc) is 3.00. The van der Waals surface area contributed by atoms with E-state index in [4.69, 9.17) is 4.74 Å². The summed E-state index contributed by atoms with van der Waals surface area (Å²) in [5, 5.41) is 12.9. The highest BCUT2D eigenvalue weighted by Gasteiger charge is 2.22. The number of nitrogens with zero attached hydrogens (tertiary/aromatic N) is 2. The van der Waals surface area contributed by atoms with E-state index in [0.29, 0.717) is 24.3 Å². The number of urea groups is 1. The quantitative estimate of drug-likeness (QED) is 0.535. The second-order valence-corrected chi connectivity index (χ2v) is 7.88. The summed E-state index contributed by atoms with van der Waals surface area (Å²) >= 11 is 0. The molecule has 0 atom stereocenters. The van der Waals surface area contributed by atoms with Crippen LogP contribution in [0.1, 0.15) is 50.5 Å². The molecule has 0 aromatic heterocycles. The van der Waals surface area contributed by atoms with Gasteiger partial charge in [0, 0.05) is 43.8 Å². The van der Waals surface area contributed by atoms with E-state index < -0.39 is 6.03 Å². The highest BCUT2D eigenvalue weighted by atomic mass is 16.5. The van der Waals surface area contributed by atoms with Gasteiger partial charge < -0.3 is 20.1 Å². The lowest BCUT2D eigenvalue weighted by molar-refractivity contribution is -0.128. The standard InChI is InChI=1S/C23H31N3O5/c27-20-17-19(10-8-18(20)9-11-21(28)25-13-4-2-5-14-25)31-16-12-24-23(30)26-15-6-1-3-7-22(26)29/h8-11,17,27H,1-7,12-16H2,(H,24,30)/b11-9+. The largest absolute Gasteiger partial charge is 0.507 e. The number of piperidine rings is 1. The summed E-state index contributed by atoms with van der Waals surface area (Å²) in [6, 6.07) is 4.46. The Bertz CT molecular complexity index is 817. The number of benzene rings is 1. The van der Waals surface area contributed by atoms with Crippen LogP contribution in [0.2, 0.25) is 0 Å². The fraction of sp³-hybridized carbons (Fsp3) is 0.522. The molecular formula is C23H31N3O5. The predicted octanol–water partition coefficient (Wildman–Crippen LogP) is 2.91. The minimum Gasteiger partial charge on any atom is -0.507 e. The van der Waals surface area contributed by atoms with Crippen molar-refractivity contribution in [2.75, 3.05) is 32.8 Å². The number of amides is 4. The molecule has 2 aliphatic heterocycles. The van der Waals surface area contributed by atoms with Gasteiger partial charge in [0.05, 0.1) is 6.54 Å². The Morgan fingerprint density at radius 2 is 1.81 bits per heavy atom. The first kappa shape index (κ1) is 22.7. The van der Waals surface area contributed by atoms with Crippen LogP contribution in [0.4, 0.5) is 4.79 Å². The number of carbonyl (C=O) groups is 3. The van der Waals surface area contributed by atoms with Crippen LogP contribution >= 0.6 is 0 Å². The lowest BCUT2D eigenvalue weighted by atomic mass is 10.1. The third-order valence-electron chi connectivity index (χ3n) is 5.54. The third kappa shape index (κ3) is 6.73. The van der Waals surface area contributed by atoms with E-state index in [2.05, 4.69) is 5.32 Å². The van der Waals surface area contributed by atoms with Crippen molar-refractivity contribution < 1.29 is 24.2 Å². The number of phenols is 1. The highest BCUT2D eigenvalue weighted by Crippen LogP contribution is 2.25. The monoisotopic (exact) mass is 429 g/mol. The molecule has 2 saturated heterocycles. The van der Waals surface area contributed by atoms with Gasteiger partial charge in [-0.15, -0.1) is 0 Å². The molecule has 0 radical (unpaired) electrons. The average molecular weight is 430 g/mol. The zero-order valence-electron chi connectivity index (χ0n) is 17.8. The zero-order valence-corrected chi connectivity index (χ0v) is 17.8. The lowest BCUT2D eigenvalue weighted by Gasteiger charge is -2.25. The maximum Gasteiger partial charge on any atom is 0.324 e. The number of rotatable bonds is 6. The van der Waals surface area contributed by atoms with Gasteiger partial charge in [-0.05, 0) is 50.3 Å². The molecule has 8 heteroatoms. The molecule has 2 fully saturated rings. The molecule has 2 N–H and O–H groups in total. The molecule has 31 heavy (non-hydrogen) atoms. The predicted molar refractivity (Wildman–Crippen MR) is 117 cm³/mol. The minimum atomic E-state index is -0.391. The molecule has 0 saturated carbocycles. The molecule has 4 amide bonds. The number of ether oxygens (including phenoxy) is 1. The van der Waals surface area contributed by atoms with Crippen LogP contribution in [-0.4, -0.2) is 65.5 Å². The fourth-order valence-corrected chi connectivity index (χ4v) is 3.75. The van der Waals surface area contributed by atoms with E-state index in [1.807, 2.05) is 4.90 Å². The first-order valence-electron chi connectivity index (χ1n) is 11.1. The number of nitrogens with one attached hydrogen (secondary N) is 1. The van der Waals surface area contributed by atoms with Gasteiger partial charge in [0.2, 0.25) is 11.8 Å². The molecule has 8 nitrogen and oxygen atoms in total. The molecule has 3 rings (SSSR count). The van der Waals surface area contributed by atoms with Gasteiger partial charge in [0.1, 0.15) is 18.1 Å². The molecular weight excluding hydrogens is 398 g/mol. The van der Waals surface area contributed by atoms with Crippen LogP contribution in [-0.2, 0) is 9.59 Å². The Morgan fingerprint density at radius 3 is 2.58 bits per heavy atom.